The van der Waals surface area contributed by atoms with Gasteiger partial charge in [-0.25, -0.2) is 9.59 Å². The summed E-state index contributed by atoms with van der Waals surface area (Å²) in [6, 6.07) is 13.5. The molecule has 120 valence electrons. The molecule has 0 aromatic heterocycles. The van der Waals surface area contributed by atoms with Crippen molar-refractivity contribution >= 4 is 12.1 Å². The molecule has 0 bridgehead atoms. The van der Waals surface area contributed by atoms with Crippen LogP contribution in [-0.2, 0) is 16.1 Å². The van der Waals surface area contributed by atoms with E-state index in [1.165, 1.54) is 0 Å². The van der Waals surface area contributed by atoms with E-state index in [1.807, 2.05) is 56.3 Å². The number of ether oxygens (including phenoxy) is 1. The van der Waals surface area contributed by atoms with Crippen molar-refractivity contribution in [1.29, 1.82) is 0 Å². The van der Waals surface area contributed by atoms with Crippen molar-refractivity contribution in [3.05, 3.63) is 70.8 Å². The zero-order valence-electron chi connectivity index (χ0n) is 13.1. The molecule has 2 N–H and O–H groups in total. The van der Waals surface area contributed by atoms with Crippen molar-refractivity contribution in [3.8, 4) is 0 Å². The number of rotatable bonds is 5. The zero-order chi connectivity index (χ0) is 16.8. The highest BCUT2D eigenvalue weighted by Gasteiger charge is 2.24. The molecular formula is C18H19NO4. The number of aliphatic carboxylic acids is 1. The largest absolute Gasteiger partial charge is 0.479 e. The third kappa shape index (κ3) is 4.57. The molecule has 0 saturated carbocycles. The summed E-state index contributed by atoms with van der Waals surface area (Å²) >= 11 is 0. The second-order valence-corrected chi connectivity index (χ2v) is 5.34. The first-order valence-electron chi connectivity index (χ1n) is 7.24. The number of nitrogens with one attached hydrogen (secondary N) is 1. The van der Waals surface area contributed by atoms with Gasteiger partial charge in [0.2, 0.25) is 0 Å². The fourth-order valence-electron chi connectivity index (χ4n) is 2.23. The highest BCUT2D eigenvalue weighted by atomic mass is 16.5. The van der Waals surface area contributed by atoms with E-state index >= 15 is 0 Å². The zero-order valence-corrected chi connectivity index (χ0v) is 13.1. The Balaban J connectivity index is 2.06. The van der Waals surface area contributed by atoms with Gasteiger partial charge < -0.3 is 15.2 Å². The van der Waals surface area contributed by atoms with E-state index < -0.39 is 18.1 Å². The van der Waals surface area contributed by atoms with Gasteiger partial charge in [-0.2, -0.15) is 0 Å². The summed E-state index contributed by atoms with van der Waals surface area (Å²) in [6.45, 7) is 3.77. The van der Waals surface area contributed by atoms with E-state index in [9.17, 15) is 14.7 Å². The number of alkyl carbamates (subject to hydrolysis) is 1. The summed E-state index contributed by atoms with van der Waals surface area (Å²) < 4.78 is 5.09. The molecule has 2 aromatic carbocycles. The number of carbonyl (C=O) groups excluding carboxylic acids is 1. The monoisotopic (exact) mass is 313 g/mol. The molecule has 0 spiro atoms. The molecule has 2 aromatic rings. The maximum atomic E-state index is 11.9. The molecule has 0 aliphatic heterocycles. The van der Waals surface area contributed by atoms with Crippen molar-refractivity contribution in [2.45, 2.75) is 26.5 Å². The Hall–Kier alpha value is -2.82. The van der Waals surface area contributed by atoms with Gasteiger partial charge in [0.25, 0.3) is 0 Å². The second-order valence-electron chi connectivity index (χ2n) is 5.34. The Morgan fingerprint density at radius 2 is 1.83 bits per heavy atom. The summed E-state index contributed by atoms with van der Waals surface area (Å²) in [5.74, 6) is -1.13. The van der Waals surface area contributed by atoms with Gasteiger partial charge in [-0.05, 0) is 30.5 Å². The van der Waals surface area contributed by atoms with Crippen molar-refractivity contribution in [2.24, 2.45) is 0 Å². The Kier molecular flexibility index (Phi) is 5.36. The first kappa shape index (κ1) is 16.5. The third-order valence-electron chi connectivity index (χ3n) is 3.47. The minimum atomic E-state index is -1.14. The fourth-order valence-corrected chi connectivity index (χ4v) is 2.23. The van der Waals surface area contributed by atoms with E-state index in [4.69, 9.17) is 4.74 Å². The molecule has 5 heteroatoms. The summed E-state index contributed by atoms with van der Waals surface area (Å²) in [6.07, 6.45) is -0.762. The topological polar surface area (TPSA) is 75.6 Å². The molecule has 0 radical (unpaired) electrons. The number of carbonyl (C=O) groups is 2. The van der Waals surface area contributed by atoms with Crippen molar-refractivity contribution in [1.82, 2.24) is 5.32 Å². The van der Waals surface area contributed by atoms with Crippen LogP contribution in [0, 0.1) is 13.8 Å². The number of amides is 1. The minimum absolute atomic E-state index is 0.0891. The summed E-state index contributed by atoms with van der Waals surface area (Å²) in [4.78, 5) is 23.4. The predicted molar refractivity (Wildman–Crippen MR) is 86.1 cm³/mol. The van der Waals surface area contributed by atoms with E-state index in [0.29, 0.717) is 5.56 Å². The molecule has 1 atom stereocenters. The summed E-state index contributed by atoms with van der Waals surface area (Å²) in [5.41, 5.74) is 3.11. The van der Waals surface area contributed by atoms with Crippen LogP contribution in [0.25, 0.3) is 0 Å². The molecule has 0 heterocycles. The van der Waals surface area contributed by atoms with Crippen LogP contribution in [0.3, 0.4) is 0 Å². The van der Waals surface area contributed by atoms with Gasteiger partial charge in [-0.3, -0.25) is 0 Å². The maximum absolute atomic E-state index is 11.9. The Morgan fingerprint density at radius 1 is 1.13 bits per heavy atom. The van der Waals surface area contributed by atoms with Gasteiger partial charge in [-0.15, -0.1) is 0 Å². The number of benzene rings is 2. The molecule has 1 unspecified atom stereocenters. The van der Waals surface area contributed by atoms with Crippen LogP contribution in [0.4, 0.5) is 4.79 Å². The lowest BCUT2D eigenvalue weighted by atomic mass is 9.99. The van der Waals surface area contributed by atoms with E-state index in [0.717, 1.165) is 16.7 Å². The smallest absolute Gasteiger partial charge is 0.408 e. The van der Waals surface area contributed by atoms with E-state index in [1.54, 1.807) is 6.07 Å². The Morgan fingerprint density at radius 3 is 2.48 bits per heavy atom. The van der Waals surface area contributed by atoms with Crippen LogP contribution in [0.5, 0.6) is 0 Å². The fraction of sp³-hybridized carbons (Fsp3) is 0.222. The molecule has 0 fully saturated rings. The van der Waals surface area contributed by atoms with Gasteiger partial charge in [0.15, 0.2) is 6.04 Å². The van der Waals surface area contributed by atoms with Crippen molar-refractivity contribution in [3.63, 3.8) is 0 Å². The SMILES string of the molecule is Cc1ccc(C)c(C(NC(=O)OCc2ccccc2)C(=O)O)c1. The van der Waals surface area contributed by atoms with Crippen molar-refractivity contribution < 1.29 is 19.4 Å². The number of aryl methyl sites for hydroxylation is 2. The lowest BCUT2D eigenvalue weighted by molar-refractivity contribution is -0.139. The van der Waals surface area contributed by atoms with E-state index in [2.05, 4.69) is 5.32 Å². The Bertz CT molecular complexity index is 697. The predicted octanol–water partition coefficient (Wildman–Crippen LogP) is 3.36. The highest BCUT2D eigenvalue weighted by Crippen LogP contribution is 2.20. The number of carboxylic acid groups (broad SMARTS) is 1. The van der Waals surface area contributed by atoms with Gasteiger partial charge in [-0.1, -0.05) is 54.1 Å². The number of hydrogen-bond acceptors (Lipinski definition) is 3. The molecule has 2 rings (SSSR count). The molecule has 5 nitrogen and oxygen atoms in total. The van der Waals surface area contributed by atoms with Crippen LogP contribution >= 0.6 is 0 Å². The molecule has 23 heavy (non-hydrogen) atoms. The van der Waals surface area contributed by atoms with Crippen molar-refractivity contribution in [2.75, 3.05) is 0 Å². The van der Waals surface area contributed by atoms with E-state index in [-0.39, 0.29) is 6.61 Å². The number of carboxylic acids is 1. The molecule has 0 saturated heterocycles. The van der Waals surface area contributed by atoms with Gasteiger partial charge >= 0.3 is 12.1 Å². The minimum Gasteiger partial charge on any atom is -0.479 e. The first-order chi connectivity index (χ1) is 11.0. The molecule has 0 aliphatic carbocycles. The summed E-state index contributed by atoms with van der Waals surface area (Å²) in [7, 11) is 0. The highest BCUT2D eigenvalue weighted by molar-refractivity contribution is 5.81. The number of hydrogen-bond donors (Lipinski definition) is 2. The Labute approximate surface area is 134 Å². The van der Waals surface area contributed by atoms with Crippen LogP contribution in [0.1, 0.15) is 28.3 Å². The normalized spacial score (nSPS) is 11.6. The lowest BCUT2D eigenvalue weighted by Crippen LogP contribution is -2.34. The maximum Gasteiger partial charge on any atom is 0.408 e. The van der Waals surface area contributed by atoms with Gasteiger partial charge in [0.1, 0.15) is 6.61 Å². The standard InChI is InChI=1S/C18H19NO4/c1-12-8-9-13(2)15(10-12)16(17(20)21)19-18(22)23-11-14-6-4-3-5-7-14/h3-10,16H,11H2,1-2H3,(H,19,22)(H,20,21). The van der Waals surface area contributed by atoms with Crippen LogP contribution in [0.15, 0.2) is 48.5 Å². The molecular weight excluding hydrogens is 294 g/mol. The average Bonchev–Trinajstić information content (AvgIpc) is 2.54. The third-order valence-corrected chi connectivity index (χ3v) is 3.47. The quantitative estimate of drug-likeness (QED) is 0.887. The molecule has 1 amide bonds. The molecule has 0 aliphatic rings. The van der Waals surface area contributed by atoms with Gasteiger partial charge in [0.05, 0.1) is 0 Å². The van der Waals surface area contributed by atoms with Crippen LogP contribution < -0.4 is 5.32 Å². The summed E-state index contributed by atoms with van der Waals surface area (Å²) in [5, 5.41) is 11.8. The van der Waals surface area contributed by atoms with Crippen LogP contribution in [-0.4, -0.2) is 17.2 Å². The van der Waals surface area contributed by atoms with Crippen LogP contribution in [0.2, 0.25) is 0 Å². The first-order valence-corrected chi connectivity index (χ1v) is 7.24. The van der Waals surface area contributed by atoms with Gasteiger partial charge in [0, 0.05) is 0 Å². The second kappa shape index (κ2) is 7.45. The average molecular weight is 313 g/mol. The lowest BCUT2D eigenvalue weighted by Gasteiger charge is -2.17.